The third-order valence-corrected chi connectivity index (χ3v) is 6.87. The van der Waals surface area contributed by atoms with Crippen LogP contribution in [0.25, 0.3) is 0 Å². The summed E-state index contributed by atoms with van der Waals surface area (Å²) in [6.07, 6.45) is 2.80. The van der Waals surface area contributed by atoms with Gasteiger partial charge in [-0.15, -0.1) is 0 Å². The Morgan fingerprint density at radius 1 is 1.19 bits per heavy atom. The molecule has 166 valence electrons. The summed E-state index contributed by atoms with van der Waals surface area (Å²) in [5.41, 5.74) is 2.89. The van der Waals surface area contributed by atoms with Crippen molar-refractivity contribution in [1.82, 2.24) is 19.9 Å². The maximum Gasteiger partial charge on any atom is 0.367 e. The van der Waals surface area contributed by atoms with Crippen LogP contribution in [0.4, 0.5) is 0 Å². The van der Waals surface area contributed by atoms with E-state index in [9.17, 15) is 9.59 Å². The van der Waals surface area contributed by atoms with E-state index >= 15 is 0 Å². The van der Waals surface area contributed by atoms with Gasteiger partial charge in [-0.05, 0) is 32.4 Å². The largest absolute Gasteiger partial charge is 0.496 e. The minimum Gasteiger partial charge on any atom is -0.496 e. The van der Waals surface area contributed by atoms with E-state index in [0.717, 1.165) is 68.0 Å². The Balaban J connectivity index is 1.42. The highest BCUT2D eigenvalue weighted by atomic mass is 32.2. The summed E-state index contributed by atoms with van der Waals surface area (Å²) >= 11 is 1.35. The van der Waals surface area contributed by atoms with E-state index in [1.165, 1.54) is 11.8 Å². The first-order chi connectivity index (χ1) is 15.1. The zero-order valence-electron chi connectivity index (χ0n) is 18.1. The van der Waals surface area contributed by atoms with Crippen LogP contribution in [0.1, 0.15) is 23.2 Å². The van der Waals surface area contributed by atoms with E-state index in [1.54, 1.807) is 11.8 Å². The number of piperazine rings is 1. The van der Waals surface area contributed by atoms with E-state index in [4.69, 9.17) is 4.74 Å². The van der Waals surface area contributed by atoms with Gasteiger partial charge in [0.2, 0.25) is 5.91 Å². The second-order valence-electron chi connectivity index (χ2n) is 7.92. The number of rotatable bonds is 7. The predicted octanol–water partition coefficient (Wildman–Crippen LogP) is 1.03. The molecule has 1 amide bonds. The zero-order valence-corrected chi connectivity index (χ0v) is 18.9. The Hall–Kier alpha value is -2.52. The van der Waals surface area contributed by atoms with Crippen LogP contribution in [-0.4, -0.2) is 66.6 Å². The number of amides is 1. The first-order valence-electron chi connectivity index (χ1n) is 10.7. The molecule has 31 heavy (non-hydrogen) atoms. The van der Waals surface area contributed by atoms with Gasteiger partial charge in [0.05, 0.1) is 18.6 Å². The van der Waals surface area contributed by atoms with Gasteiger partial charge in [0, 0.05) is 43.9 Å². The Bertz CT molecular complexity index is 1000. The number of para-hydroxylation sites is 1. The number of aromatic nitrogens is 2. The van der Waals surface area contributed by atoms with Crippen LogP contribution in [0, 0.1) is 0 Å². The van der Waals surface area contributed by atoms with E-state index < -0.39 is 0 Å². The molecule has 0 saturated carbocycles. The molecular formula is C22H29N5O3S. The van der Waals surface area contributed by atoms with E-state index in [1.807, 2.05) is 24.3 Å². The van der Waals surface area contributed by atoms with Crippen LogP contribution < -0.4 is 20.8 Å². The minimum absolute atomic E-state index is 0.0901. The average Bonchev–Trinajstić information content (AvgIpc) is 3.27. The maximum absolute atomic E-state index is 12.9. The van der Waals surface area contributed by atoms with Crippen molar-refractivity contribution in [1.29, 1.82) is 0 Å². The van der Waals surface area contributed by atoms with Gasteiger partial charge in [-0.1, -0.05) is 30.0 Å². The Labute approximate surface area is 186 Å². The van der Waals surface area contributed by atoms with Gasteiger partial charge in [0.25, 0.3) is 0 Å². The highest BCUT2D eigenvalue weighted by Crippen LogP contribution is 2.29. The average molecular weight is 444 g/mol. The molecule has 2 aliphatic rings. The Morgan fingerprint density at radius 2 is 1.97 bits per heavy atom. The van der Waals surface area contributed by atoms with Gasteiger partial charge in [0.15, 0.2) is 0 Å². The second-order valence-corrected chi connectivity index (χ2v) is 8.89. The molecule has 2 aromatic rings. The smallest absolute Gasteiger partial charge is 0.367 e. The number of carbonyl (C=O) groups is 1. The lowest BCUT2D eigenvalue weighted by atomic mass is 10.2. The van der Waals surface area contributed by atoms with Crippen LogP contribution in [0.3, 0.4) is 0 Å². The number of carbonyl (C=O) groups excluding carboxylic acids is 1. The molecule has 0 spiro atoms. The number of fused-ring (bicyclic) bond motifs is 1. The third-order valence-electron chi connectivity index (χ3n) is 5.85. The molecule has 1 fully saturated rings. The first kappa shape index (κ1) is 21.7. The summed E-state index contributed by atoms with van der Waals surface area (Å²) in [5, 5.41) is 5.75. The van der Waals surface area contributed by atoms with Crippen LogP contribution in [0.15, 0.2) is 34.1 Å². The zero-order chi connectivity index (χ0) is 21.8. The van der Waals surface area contributed by atoms with Crippen molar-refractivity contribution in [2.75, 3.05) is 51.1 Å². The van der Waals surface area contributed by atoms with Crippen LogP contribution in [0.5, 0.6) is 5.75 Å². The fourth-order valence-electron chi connectivity index (χ4n) is 4.14. The van der Waals surface area contributed by atoms with Crippen molar-refractivity contribution in [3.63, 3.8) is 0 Å². The first-order valence-corrected chi connectivity index (χ1v) is 11.7. The number of hydrogen-bond acceptors (Lipinski definition) is 7. The molecule has 1 aromatic carbocycles. The van der Waals surface area contributed by atoms with E-state index in [2.05, 4.69) is 27.3 Å². The maximum atomic E-state index is 12.9. The molecule has 0 atom stereocenters. The van der Waals surface area contributed by atoms with Crippen molar-refractivity contribution in [3.8, 4) is 5.75 Å². The molecule has 1 aliphatic carbocycles. The number of nitrogens with one attached hydrogen (secondary N) is 1. The molecule has 2 heterocycles. The van der Waals surface area contributed by atoms with Gasteiger partial charge in [-0.3, -0.25) is 4.79 Å². The van der Waals surface area contributed by atoms with E-state index in [-0.39, 0.29) is 17.3 Å². The lowest BCUT2D eigenvalue weighted by Gasteiger charge is -2.35. The minimum atomic E-state index is -0.234. The summed E-state index contributed by atoms with van der Waals surface area (Å²) in [4.78, 5) is 31.9. The van der Waals surface area contributed by atoms with Gasteiger partial charge >= 0.3 is 5.69 Å². The van der Waals surface area contributed by atoms with Crippen LogP contribution >= 0.6 is 11.8 Å². The molecule has 9 heteroatoms. The normalized spacial score (nSPS) is 16.3. The lowest BCUT2D eigenvalue weighted by Crippen LogP contribution is -2.54. The summed E-state index contributed by atoms with van der Waals surface area (Å²) in [6.45, 7) is 3.92. The molecular weight excluding hydrogens is 414 g/mol. The third kappa shape index (κ3) is 4.88. The topological polar surface area (TPSA) is 79.7 Å². The van der Waals surface area contributed by atoms with Crippen LogP contribution in [-0.2, 0) is 24.2 Å². The number of likely N-dealkylation sites (N-methyl/N-ethyl adjacent to an activating group) is 1. The molecule has 4 rings (SSSR count). The van der Waals surface area contributed by atoms with Crippen molar-refractivity contribution in [2.24, 2.45) is 0 Å². The quantitative estimate of drug-likeness (QED) is 0.506. The van der Waals surface area contributed by atoms with Gasteiger partial charge in [0.1, 0.15) is 10.8 Å². The number of ether oxygens (including phenoxy) is 1. The Morgan fingerprint density at radius 3 is 2.74 bits per heavy atom. The number of methoxy groups -OCH3 is 1. The van der Waals surface area contributed by atoms with Crippen molar-refractivity contribution in [2.45, 2.75) is 30.8 Å². The van der Waals surface area contributed by atoms with Crippen molar-refractivity contribution in [3.05, 3.63) is 51.6 Å². The van der Waals surface area contributed by atoms with Gasteiger partial charge < -0.3 is 20.0 Å². The summed E-state index contributed by atoms with van der Waals surface area (Å²) in [7, 11) is 3.72. The monoisotopic (exact) mass is 443 g/mol. The molecule has 1 aliphatic heterocycles. The number of benzene rings is 1. The van der Waals surface area contributed by atoms with E-state index in [0.29, 0.717) is 11.6 Å². The SMILES string of the molecule is COc1ccccc1CNC(=O)CSc1nc(=O)n(N2CCN(C)CC2)c2c1CCC2. The van der Waals surface area contributed by atoms with Crippen LogP contribution in [0.2, 0.25) is 0 Å². The lowest BCUT2D eigenvalue weighted by molar-refractivity contribution is -0.118. The molecule has 8 nitrogen and oxygen atoms in total. The molecule has 0 bridgehead atoms. The summed E-state index contributed by atoms with van der Waals surface area (Å²) in [6, 6.07) is 7.62. The van der Waals surface area contributed by atoms with Gasteiger partial charge in [-0.25, -0.2) is 9.47 Å². The Kier molecular flexibility index (Phi) is 6.82. The number of thioether (sulfide) groups is 1. The summed E-state index contributed by atoms with van der Waals surface area (Å²) < 4.78 is 7.12. The summed E-state index contributed by atoms with van der Waals surface area (Å²) in [5.74, 6) is 0.891. The molecule has 1 aromatic heterocycles. The highest BCUT2D eigenvalue weighted by molar-refractivity contribution is 7.99. The van der Waals surface area contributed by atoms with Crippen molar-refractivity contribution < 1.29 is 9.53 Å². The molecule has 0 radical (unpaired) electrons. The molecule has 1 N–H and O–H groups in total. The second kappa shape index (κ2) is 9.74. The molecule has 0 unspecified atom stereocenters. The number of hydrogen-bond donors (Lipinski definition) is 1. The fourth-order valence-corrected chi connectivity index (χ4v) is 5.05. The predicted molar refractivity (Wildman–Crippen MR) is 122 cm³/mol. The fraction of sp³-hybridized carbons (Fsp3) is 0.500. The standard InChI is InChI=1S/C22H29N5O3S/c1-25-10-12-26(13-11-25)27-18-8-5-7-17(18)21(24-22(27)29)31-15-20(28)23-14-16-6-3-4-9-19(16)30-2/h3-4,6,9H,5,7-8,10-15H2,1-2H3,(H,23,28). The van der Waals surface area contributed by atoms with Crippen molar-refractivity contribution >= 4 is 17.7 Å². The number of nitrogens with zero attached hydrogens (tertiary/aromatic N) is 4. The van der Waals surface area contributed by atoms with Gasteiger partial charge in [-0.2, -0.15) is 4.98 Å². The highest BCUT2D eigenvalue weighted by Gasteiger charge is 2.26. The molecule has 1 saturated heterocycles.